The van der Waals surface area contributed by atoms with E-state index >= 15 is 0 Å². The van der Waals surface area contributed by atoms with Crippen LogP contribution in [0.25, 0.3) is 0 Å². The summed E-state index contributed by atoms with van der Waals surface area (Å²) < 4.78 is 54.1. The number of anilines is 3. The molecule has 0 aliphatic rings. The first-order chi connectivity index (χ1) is 16.4. The fraction of sp³-hybridized carbons (Fsp3) is 0.250. The van der Waals surface area contributed by atoms with Gasteiger partial charge in [-0.15, -0.1) is 0 Å². The Morgan fingerprint density at radius 2 is 1.66 bits per heavy atom. The smallest absolute Gasteiger partial charge is 0.261 e. The molecule has 1 unspecified atom stereocenters. The second-order valence-corrected chi connectivity index (χ2v) is 11.7. The standard InChI is InChI=1S/C24H28N4O5S2/c1-5-23(28(34(4,30)31)21-11-8-17(2)18(3)15-21)24(29)26-19-9-12-22(13-10-19)35(32,33)27-20-7-6-14-25-16-20/h6-16,23,27H,5H2,1-4H3,(H,26,29). The van der Waals surface area contributed by atoms with E-state index in [1.807, 2.05) is 19.9 Å². The number of rotatable bonds is 9. The van der Waals surface area contributed by atoms with Crippen molar-refractivity contribution in [1.82, 2.24) is 4.98 Å². The maximum atomic E-state index is 13.1. The molecule has 1 atom stereocenters. The van der Waals surface area contributed by atoms with Gasteiger partial charge in [-0.1, -0.05) is 13.0 Å². The van der Waals surface area contributed by atoms with Gasteiger partial charge in [0.2, 0.25) is 15.9 Å². The number of hydrogen-bond donors (Lipinski definition) is 2. The van der Waals surface area contributed by atoms with E-state index in [4.69, 9.17) is 0 Å². The van der Waals surface area contributed by atoms with Gasteiger partial charge in [0.15, 0.2) is 0 Å². The van der Waals surface area contributed by atoms with Gasteiger partial charge in [-0.25, -0.2) is 16.8 Å². The minimum Gasteiger partial charge on any atom is -0.324 e. The van der Waals surface area contributed by atoms with E-state index in [9.17, 15) is 21.6 Å². The van der Waals surface area contributed by atoms with Gasteiger partial charge in [0.05, 0.1) is 28.7 Å². The molecule has 0 aliphatic heterocycles. The lowest BCUT2D eigenvalue weighted by Crippen LogP contribution is -2.47. The van der Waals surface area contributed by atoms with Crippen molar-refractivity contribution in [2.75, 3.05) is 20.6 Å². The number of aromatic nitrogens is 1. The van der Waals surface area contributed by atoms with Crippen molar-refractivity contribution in [3.8, 4) is 0 Å². The van der Waals surface area contributed by atoms with Gasteiger partial charge in [-0.3, -0.25) is 18.8 Å². The maximum Gasteiger partial charge on any atom is 0.261 e. The quantitative estimate of drug-likeness (QED) is 0.447. The van der Waals surface area contributed by atoms with Crippen LogP contribution in [0.3, 0.4) is 0 Å². The molecule has 3 rings (SSSR count). The first-order valence-electron chi connectivity index (χ1n) is 10.8. The Bertz CT molecular complexity index is 1410. The summed E-state index contributed by atoms with van der Waals surface area (Å²) in [6.45, 7) is 5.52. The van der Waals surface area contributed by atoms with Crippen LogP contribution in [0, 0.1) is 13.8 Å². The summed E-state index contributed by atoms with van der Waals surface area (Å²) in [5.41, 5.74) is 2.97. The highest BCUT2D eigenvalue weighted by Gasteiger charge is 2.31. The molecule has 0 saturated carbocycles. The molecule has 3 aromatic rings. The normalized spacial score (nSPS) is 12.6. The van der Waals surface area contributed by atoms with E-state index in [2.05, 4.69) is 15.0 Å². The molecular formula is C24H28N4O5S2. The van der Waals surface area contributed by atoms with Crippen LogP contribution in [0.2, 0.25) is 0 Å². The van der Waals surface area contributed by atoms with E-state index in [1.165, 1.54) is 36.7 Å². The molecule has 0 bridgehead atoms. The van der Waals surface area contributed by atoms with Gasteiger partial charge >= 0.3 is 0 Å². The molecule has 11 heteroatoms. The van der Waals surface area contributed by atoms with Gasteiger partial charge in [0, 0.05) is 11.9 Å². The first-order valence-corrected chi connectivity index (χ1v) is 14.2. The number of carbonyl (C=O) groups is 1. The van der Waals surface area contributed by atoms with E-state index in [-0.39, 0.29) is 11.3 Å². The number of hydrogen-bond acceptors (Lipinski definition) is 6. The Balaban J connectivity index is 1.82. The SMILES string of the molecule is CCC(C(=O)Nc1ccc(S(=O)(=O)Nc2cccnc2)cc1)N(c1ccc(C)c(C)c1)S(C)(=O)=O. The van der Waals surface area contributed by atoms with E-state index in [1.54, 1.807) is 31.2 Å². The van der Waals surface area contributed by atoms with Crippen molar-refractivity contribution in [2.45, 2.75) is 38.1 Å². The third-order valence-corrected chi connectivity index (χ3v) is 8.00. The summed E-state index contributed by atoms with van der Waals surface area (Å²) in [4.78, 5) is 17.0. The zero-order chi connectivity index (χ0) is 25.8. The Kier molecular flexibility index (Phi) is 7.81. The highest BCUT2D eigenvalue weighted by Crippen LogP contribution is 2.26. The molecule has 0 saturated heterocycles. The number of amides is 1. The molecule has 35 heavy (non-hydrogen) atoms. The minimum atomic E-state index is -3.85. The molecular weight excluding hydrogens is 488 g/mol. The highest BCUT2D eigenvalue weighted by atomic mass is 32.2. The molecule has 2 N–H and O–H groups in total. The molecule has 0 aliphatic carbocycles. The van der Waals surface area contributed by atoms with Gasteiger partial charge in [-0.2, -0.15) is 0 Å². The highest BCUT2D eigenvalue weighted by molar-refractivity contribution is 7.92. The largest absolute Gasteiger partial charge is 0.324 e. The van der Waals surface area contributed by atoms with Gasteiger partial charge in [0.25, 0.3) is 10.0 Å². The molecule has 2 aromatic carbocycles. The van der Waals surface area contributed by atoms with Crippen molar-refractivity contribution >= 4 is 43.0 Å². The summed E-state index contributed by atoms with van der Waals surface area (Å²) >= 11 is 0. The van der Waals surface area contributed by atoms with Gasteiger partial charge < -0.3 is 5.32 Å². The van der Waals surface area contributed by atoms with Crippen LogP contribution in [0.4, 0.5) is 17.1 Å². The van der Waals surface area contributed by atoms with E-state index in [0.717, 1.165) is 21.7 Å². The van der Waals surface area contributed by atoms with Crippen molar-refractivity contribution in [3.63, 3.8) is 0 Å². The van der Waals surface area contributed by atoms with Crippen LogP contribution in [-0.2, 0) is 24.8 Å². The van der Waals surface area contributed by atoms with Gasteiger partial charge in [-0.05, 0) is 79.9 Å². The van der Waals surface area contributed by atoms with Crippen LogP contribution >= 0.6 is 0 Å². The van der Waals surface area contributed by atoms with E-state index in [0.29, 0.717) is 17.1 Å². The first kappa shape index (κ1) is 26.2. The number of pyridine rings is 1. The second kappa shape index (κ2) is 10.4. The third-order valence-electron chi connectivity index (χ3n) is 5.42. The lowest BCUT2D eigenvalue weighted by atomic mass is 10.1. The molecule has 0 fully saturated rings. The third kappa shape index (κ3) is 6.37. The molecule has 0 spiro atoms. The molecule has 9 nitrogen and oxygen atoms in total. The van der Waals surface area contributed by atoms with Crippen molar-refractivity contribution in [3.05, 3.63) is 78.1 Å². The lowest BCUT2D eigenvalue weighted by molar-refractivity contribution is -0.117. The lowest BCUT2D eigenvalue weighted by Gasteiger charge is -2.30. The topological polar surface area (TPSA) is 126 Å². The Hall–Kier alpha value is -3.44. The molecule has 1 amide bonds. The second-order valence-electron chi connectivity index (χ2n) is 8.11. The number of aryl methyl sites for hydroxylation is 2. The van der Waals surface area contributed by atoms with Crippen LogP contribution in [0.1, 0.15) is 24.5 Å². The Morgan fingerprint density at radius 1 is 0.971 bits per heavy atom. The summed E-state index contributed by atoms with van der Waals surface area (Å²) in [6, 6.07) is 13.0. The van der Waals surface area contributed by atoms with Crippen molar-refractivity contribution < 1.29 is 21.6 Å². The molecule has 186 valence electrons. The van der Waals surface area contributed by atoms with Crippen LogP contribution in [0.5, 0.6) is 0 Å². The average molecular weight is 517 g/mol. The van der Waals surface area contributed by atoms with E-state index < -0.39 is 32.0 Å². The number of benzene rings is 2. The molecule has 1 heterocycles. The number of carbonyl (C=O) groups excluding carboxylic acids is 1. The summed E-state index contributed by atoms with van der Waals surface area (Å²) in [7, 11) is -7.62. The zero-order valence-corrected chi connectivity index (χ0v) is 21.5. The molecule has 1 aromatic heterocycles. The summed E-state index contributed by atoms with van der Waals surface area (Å²) in [6.07, 6.45) is 4.21. The van der Waals surface area contributed by atoms with Crippen LogP contribution in [-0.4, -0.2) is 40.0 Å². The maximum absolute atomic E-state index is 13.1. The Morgan fingerprint density at radius 3 is 2.20 bits per heavy atom. The number of nitrogens with zero attached hydrogens (tertiary/aromatic N) is 2. The number of nitrogens with one attached hydrogen (secondary N) is 2. The number of sulfonamides is 2. The molecule has 0 radical (unpaired) electrons. The monoisotopic (exact) mass is 516 g/mol. The van der Waals surface area contributed by atoms with Crippen LogP contribution < -0.4 is 14.3 Å². The fourth-order valence-electron chi connectivity index (χ4n) is 3.50. The predicted molar refractivity (Wildman–Crippen MR) is 137 cm³/mol. The van der Waals surface area contributed by atoms with Crippen LogP contribution in [0.15, 0.2) is 71.9 Å². The minimum absolute atomic E-state index is 0.000661. The zero-order valence-electron chi connectivity index (χ0n) is 19.9. The average Bonchev–Trinajstić information content (AvgIpc) is 2.79. The van der Waals surface area contributed by atoms with Crippen molar-refractivity contribution in [2.24, 2.45) is 0 Å². The van der Waals surface area contributed by atoms with Crippen molar-refractivity contribution in [1.29, 1.82) is 0 Å². The Labute approximate surface area is 206 Å². The predicted octanol–water partition coefficient (Wildman–Crippen LogP) is 3.68. The summed E-state index contributed by atoms with van der Waals surface area (Å²) in [5.74, 6) is -0.528. The summed E-state index contributed by atoms with van der Waals surface area (Å²) in [5, 5.41) is 2.70. The fourth-order valence-corrected chi connectivity index (χ4v) is 5.75. The van der Waals surface area contributed by atoms with Gasteiger partial charge in [0.1, 0.15) is 6.04 Å².